The molecule has 3 N–H and O–H groups in total. The molecule has 1 amide bonds. The van der Waals surface area contributed by atoms with Gasteiger partial charge in [0.25, 0.3) is 0 Å². The van der Waals surface area contributed by atoms with Gasteiger partial charge in [0.2, 0.25) is 5.91 Å². The van der Waals surface area contributed by atoms with Gasteiger partial charge in [-0.3, -0.25) is 9.89 Å². The van der Waals surface area contributed by atoms with Crippen LogP contribution in [-0.4, -0.2) is 22.1 Å². The van der Waals surface area contributed by atoms with Crippen molar-refractivity contribution in [2.24, 2.45) is 0 Å². The lowest BCUT2D eigenvalue weighted by molar-refractivity contribution is -0.116. The van der Waals surface area contributed by atoms with E-state index < -0.39 is 0 Å². The summed E-state index contributed by atoms with van der Waals surface area (Å²) in [5, 5.41) is 14.1. The second-order valence-electron chi connectivity index (χ2n) is 5.22. The Balaban J connectivity index is 1.51. The van der Waals surface area contributed by atoms with E-state index in [1.807, 2.05) is 42.5 Å². The molecule has 1 unspecified atom stereocenters. The number of nitrogens with zero attached hydrogens (tertiary/aromatic N) is 1. The van der Waals surface area contributed by atoms with Gasteiger partial charge >= 0.3 is 0 Å². The zero-order chi connectivity index (χ0) is 14.2. The minimum absolute atomic E-state index is 0.0194. The van der Waals surface area contributed by atoms with Crippen LogP contribution in [0.3, 0.4) is 0 Å². The lowest BCUT2D eigenvalue weighted by Crippen LogP contribution is -2.32. The molecule has 0 fully saturated rings. The van der Waals surface area contributed by atoms with Crippen LogP contribution in [0.2, 0.25) is 0 Å². The molecular weight excluding hydrogens is 264 g/mol. The predicted molar refractivity (Wildman–Crippen MR) is 82.3 cm³/mol. The number of fused-ring (bicyclic) bond motifs is 2. The third kappa shape index (κ3) is 2.12. The molecule has 2 aromatic carbocycles. The Morgan fingerprint density at radius 3 is 3.05 bits per heavy atom. The van der Waals surface area contributed by atoms with E-state index in [4.69, 9.17) is 0 Å². The summed E-state index contributed by atoms with van der Waals surface area (Å²) >= 11 is 0. The van der Waals surface area contributed by atoms with Gasteiger partial charge in [0, 0.05) is 23.2 Å². The minimum Gasteiger partial charge on any atom is -0.373 e. The number of benzene rings is 2. The number of aromatic amines is 1. The Bertz CT molecular complexity index is 799. The van der Waals surface area contributed by atoms with Gasteiger partial charge in [0.05, 0.1) is 11.7 Å². The molecule has 0 radical (unpaired) electrons. The Morgan fingerprint density at radius 2 is 2.14 bits per heavy atom. The molecule has 5 nitrogen and oxygen atoms in total. The monoisotopic (exact) mass is 278 g/mol. The van der Waals surface area contributed by atoms with Crippen LogP contribution >= 0.6 is 0 Å². The summed E-state index contributed by atoms with van der Waals surface area (Å²) < 4.78 is 0. The van der Waals surface area contributed by atoms with Crippen molar-refractivity contribution in [1.29, 1.82) is 0 Å². The third-order valence-electron chi connectivity index (χ3n) is 3.80. The maximum atomic E-state index is 12.4. The van der Waals surface area contributed by atoms with E-state index in [0.29, 0.717) is 0 Å². The van der Waals surface area contributed by atoms with E-state index in [1.54, 1.807) is 6.20 Å². The smallest absolute Gasteiger partial charge is 0.247 e. The molecule has 0 bridgehead atoms. The molecule has 1 aliphatic heterocycles. The van der Waals surface area contributed by atoms with Crippen LogP contribution in [0.4, 0.5) is 11.4 Å². The quantitative estimate of drug-likeness (QED) is 0.674. The summed E-state index contributed by atoms with van der Waals surface area (Å²) in [6, 6.07) is 13.5. The standard InChI is InChI=1S/C16H14N4O/c21-16(15-8-10-3-1-2-4-13(10)19-15)18-12-5-6-14-11(7-12)9-17-20-14/h1-7,9,15,19H,8H2,(H,17,20)(H,18,21). The highest BCUT2D eigenvalue weighted by Gasteiger charge is 2.26. The van der Waals surface area contributed by atoms with Gasteiger partial charge in [-0.15, -0.1) is 0 Å². The molecule has 1 atom stereocenters. The van der Waals surface area contributed by atoms with E-state index >= 15 is 0 Å². The van der Waals surface area contributed by atoms with E-state index in [-0.39, 0.29) is 11.9 Å². The topological polar surface area (TPSA) is 69.8 Å². The van der Waals surface area contributed by atoms with Crippen LogP contribution in [0.5, 0.6) is 0 Å². The average molecular weight is 278 g/mol. The number of para-hydroxylation sites is 1. The first-order valence-electron chi connectivity index (χ1n) is 6.88. The van der Waals surface area contributed by atoms with Crippen LogP contribution in [0.15, 0.2) is 48.7 Å². The molecule has 0 aliphatic carbocycles. The van der Waals surface area contributed by atoms with Crippen molar-refractivity contribution in [2.45, 2.75) is 12.5 Å². The highest BCUT2D eigenvalue weighted by Crippen LogP contribution is 2.26. The normalized spacial score (nSPS) is 16.5. The van der Waals surface area contributed by atoms with Crippen molar-refractivity contribution in [3.8, 4) is 0 Å². The summed E-state index contributed by atoms with van der Waals surface area (Å²) in [5.41, 5.74) is 3.97. The molecule has 0 saturated carbocycles. The Morgan fingerprint density at radius 1 is 1.24 bits per heavy atom. The van der Waals surface area contributed by atoms with Crippen molar-refractivity contribution < 1.29 is 4.79 Å². The largest absolute Gasteiger partial charge is 0.373 e. The first kappa shape index (κ1) is 12.0. The third-order valence-corrected chi connectivity index (χ3v) is 3.80. The number of aromatic nitrogens is 2. The molecule has 1 aromatic heterocycles. The summed E-state index contributed by atoms with van der Waals surface area (Å²) in [6.45, 7) is 0. The average Bonchev–Trinajstić information content (AvgIpc) is 3.13. The molecule has 21 heavy (non-hydrogen) atoms. The SMILES string of the molecule is O=C(Nc1ccc2[nH]ncc2c1)C1Cc2ccccc2N1. The molecule has 2 heterocycles. The van der Waals surface area contributed by atoms with Crippen molar-refractivity contribution in [2.75, 3.05) is 10.6 Å². The van der Waals surface area contributed by atoms with Gasteiger partial charge in [-0.1, -0.05) is 18.2 Å². The minimum atomic E-state index is -0.220. The maximum Gasteiger partial charge on any atom is 0.247 e. The lowest BCUT2D eigenvalue weighted by Gasteiger charge is -2.12. The molecule has 104 valence electrons. The van der Waals surface area contributed by atoms with Crippen molar-refractivity contribution in [3.05, 3.63) is 54.2 Å². The highest BCUT2D eigenvalue weighted by atomic mass is 16.2. The summed E-state index contributed by atoms with van der Waals surface area (Å²) in [4.78, 5) is 12.4. The summed E-state index contributed by atoms with van der Waals surface area (Å²) in [6.07, 6.45) is 2.46. The van der Waals surface area contributed by atoms with Gasteiger partial charge in [-0.05, 0) is 29.8 Å². The number of anilines is 2. The van der Waals surface area contributed by atoms with Gasteiger partial charge in [0.1, 0.15) is 6.04 Å². The second-order valence-corrected chi connectivity index (χ2v) is 5.22. The number of hydrogen-bond donors (Lipinski definition) is 3. The van der Waals surface area contributed by atoms with Gasteiger partial charge in [-0.2, -0.15) is 5.10 Å². The number of hydrogen-bond acceptors (Lipinski definition) is 3. The van der Waals surface area contributed by atoms with Crippen molar-refractivity contribution >= 4 is 28.2 Å². The van der Waals surface area contributed by atoms with Crippen LogP contribution in [-0.2, 0) is 11.2 Å². The van der Waals surface area contributed by atoms with E-state index in [1.165, 1.54) is 5.56 Å². The lowest BCUT2D eigenvalue weighted by atomic mass is 10.1. The Labute approximate surface area is 121 Å². The molecule has 0 saturated heterocycles. The maximum absolute atomic E-state index is 12.4. The summed E-state index contributed by atoms with van der Waals surface area (Å²) in [7, 11) is 0. The first-order valence-corrected chi connectivity index (χ1v) is 6.88. The van der Waals surface area contributed by atoms with E-state index in [2.05, 4.69) is 20.8 Å². The van der Waals surface area contributed by atoms with Crippen molar-refractivity contribution in [3.63, 3.8) is 0 Å². The van der Waals surface area contributed by atoms with Gasteiger partial charge < -0.3 is 10.6 Å². The number of amides is 1. The number of carbonyl (C=O) groups excluding carboxylic acids is 1. The highest BCUT2D eigenvalue weighted by molar-refractivity contribution is 5.99. The number of carbonyl (C=O) groups is 1. The fourth-order valence-electron chi connectivity index (χ4n) is 2.71. The Hall–Kier alpha value is -2.82. The zero-order valence-corrected chi connectivity index (χ0v) is 11.3. The van der Waals surface area contributed by atoms with E-state index in [9.17, 15) is 4.79 Å². The first-order chi connectivity index (χ1) is 10.3. The second kappa shape index (κ2) is 4.63. The van der Waals surface area contributed by atoms with Crippen LogP contribution in [0.1, 0.15) is 5.56 Å². The number of nitrogens with one attached hydrogen (secondary N) is 3. The van der Waals surface area contributed by atoms with Crippen LogP contribution in [0.25, 0.3) is 10.9 Å². The fraction of sp³-hybridized carbons (Fsp3) is 0.125. The number of H-pyrrole nitrogens is 1. The summed E-state index contributed by atoms with van der Waals surface area (Å²) in [5.74, 6) is -0.0194. The Kier molecular flexibility index (Phi) is 2.64. The molecule has 0 spiro atoms. The molecular formula is C16H14N4O. The molecule has 5 heteroatoms. The van der Waals surface area contributed by atoms with Gasteiger partial charge in [-0.25, -0.2) is 0 Å². The fourth-order valence-corrected chi connectivity index (χ4v) is 2.71. The predicted octanol–water partition coefficient (Wildman–Crippen LogP) is 2.54. The van der Waals surface area contributed by atoms with Crippen molar-refractivity contribution in [1.82, 2.24) is 10.2 Å². The molecule has 3 aromatic rings. The zero-order valence-electron chi connectivity index (χ0n) is 11.3. The molecule has 1 aliphatic rings. The molecule has 4 rings (SSSR count). The van der Waals surface area contributed by atoms with E-state index in [0.717, 1.165) is 28.7 Å². The van der Waals surface area contributed by atoms with Crippen LogP contribution < -0.4 is 10.6 Å². The van der Waals surface area contributed by atoms with Gasteiger partial charge in [0.15, 0.2) is 0 Å². The number of rotatable bonds is 2. The van der Waals surface area contributed by atoms with Crippen LogP contribution in [0, 0.1) is 0 Å².